The lowest BCUT2D eigenvalue weighted by Crippen LogP contribution is -2.41. The number of halogens is 1. The van der Waals surface area contributed by atoms with Crippen molar-refractivity contribution < 1.29 is 14.3 Å². The maximum absolute atomic E-state index is 12.9. The summed E-state index contributed by atoms with van der Waals surface area (Å²) >= 11 is 5.98. The van der Waals surface area contributed by atoms with E-state index in [0.29, 0.717) is 10.7 Å². The molecule has 2 rings (SSSR count). The molecule has 0 saturated heterocycles. The molecule has 6 heteroatoms. The highest BCUT2D eigenvalue weighted by molar-refractivity contribution is 6.30. The fraction of sp³-hybridized carbons (Fsp3) is 0.300. The van der Waals surface area contributed by atoms with Crippen LogP contribution in [-0.2, 0) is 9.53 Å². The average Bonchev–Trinajstić information content (AvgIpc) is 2.65. The Balaban J connectivity index is 2.23. The van der Waals surface area contributed by atoms with Crippen LogP contribution in [0.15, 0.2) is 54.6 Å². The van der Waals surface area contributed by atoms with Crippen molar-refractivity contribution >= 4 is 29.3 Å². The molecule has 2 aromatic rings. The van der Waals surface area contributed by atoms with Crippen molar-refractivity contribution in [2.75, 3.05) is 19.0 Å². The Labute approximate surface area is 158 Å². The van der Waals surface area contributed by atoms with Crippen molar-refractivity contribution in [1.82, 2.24) is 4.90 Å². The molecule has 0 fully saturated rings. The zero-order chi connectivity index (χ0) is 19.1. The summed E-state index contributed by atoms with van der Waals surface area (Å²) in [6.45, 7) is 3.90. The van der Waals surface area contributed by atoms with E-state index in [1.165, 1.54) is 7.11 Å². The fourth-order valence-electron chi connectivity index (χ4n) is 2.66. The van der Waals surface area contributed by atoms with Gasteiger partial charge in [0.1, 0.15) is 0 Å². The molecule has 2 atom stereocenters. The van der Waals surface area contributed by atoms with Gasteiger partial charge in [0.15, 0.2) is 0 Å². The van der Waals surface area contributed by atoms with E-state index in [4.69, 9.17) is 16.3 Å². The van der Waals surface area contributed by atoms with Crippen LogP contribution in [0.1, 0.15) is 25.5 Å². The van der Waals surface area contributed by atoms with Crippen molar-refractivity contribution in [2.45, 2.75) is 19.9 Å². The Morgan fingerprint density at radius 1 is 1.12 bits per heavy atom. The predicted octanol–water partition coefficient (Wildman–Crippen LogP) is 4.74. The van der Waals surface area contributed by atoms with E-state index in [-0.39, 0.29) is 24.6 Å². The van der Waals surface area contributed by atoms with E-state index in [0.717, 1.165) is 5.56 Å². The van der Waals surface area contributed by atoms with Crippen LogP contribution < -0.4 is 5.32 Å². The quantitative estimate of drug-likeness (QED) is 0.742. The van der Waals surface area contributed by atoms with Gasteiger partial charge in [-0.25, -0.2) is 4.79 Å². The molecule has 0 aliphatic carbocycles. The molecule has 1 N–H and O–H groups in total. The minimum Gasteiger partial charge on any atom is -0.469 e. The number of carbonyl (C=O) groups is 2. The second kappa shape index (κ2) is 9.25. The maximum atomic E-state index is 12.9. The van der Waals surface area contributed by atoms with Crippen LogP contribution in [-0.4, -0.2) is 30.6 Å². The number of ether oxygens (including phenoxy) is 1. The monoisotopic (exact) mass is 374 g/mol. The summed E-state index contributed by atoms with van der Waals surface area (Å²) in [5, 5.41) is 3.38. The number of rotatable bonds is 6. The van der Waals surface area contributed by atoms with Crippen LogP contribution >= 0.6 is 11.6 Å². The van der Waals surface area contributed by atoms with E-state index >= 15 is 0 Å². The number of nitrogens with one attached hydrogen (secondary N) is 1. The molecule has 5 nitrogen and oxygen atoms in total. The number of benzene rings is 2. The molecule has 0 aliphatic rings. The molecular formula is C20H23ClN2O3. The fourth-order valence-corrected chi connectivity index (χ4v) is 2.85. The first-order valence-corrected chi connectivity index (χ1v) is 8.76. The summed E-state index contributed by atoms with van der Waals surface area (Å²) in [5.41, 5.74) is 1.57. The molecular weight excluding hydrogens is 352 g/mol. The summed E-state index contributed by atoms with van der Waals surface area (Å²) in [5.74, 6) is -0.804. The zero-order valence-corrected chi connectivity index (χ0v) is 15.9. The van der Waals surface area contributed by atoms with Crippen molar-refractivity contribution in [3.05, 3.63) is 65.2 Å². The summed E-state index contributed by atoms with van der Waals surface area (Å²) in [4.78, 5) is 26.4. The zero-order valence-electron chi connectivity index (χ0n) is 15.1. The van der Waals surface area contributed by atoms with E-state index in [1.54, 1.807) is 36.1 Å². The third-order valence-electron chi connectivity index (χ3n) is 4.16. The van der Waals surface area contributed by atoms with Crippen molar-refractivity contribution in [1.29, 1.82) is 0 Å². The standard InChI is InChI=1S/C20H23ClN2O3/c1-14(19(24)26-3)13-23(15(2)16-8-5-4-6-9-16)20(25)22-18-11-7-10-17(21)12-18/h4-12,14-15H,13H2,1-3H3,(H,22,25). The lowest BCUT2D eigenvalue weighted by atomic mass is 10.1. The van der Waals surface area contributed by atoms with Gasteiger partial charge >= 0.3 is 12.0 Å². The van der Waals surface area contributed by atoms with Crippen molar-refractivity contribution in [3.8, 4) is 0 Å². The Kier molecular flexibility index (Phi) is 7.04. The Hall–Kier alpha value is -2.53. The van der Waals surface area contributed by atoms with Gasteiger partial charge in [-0.2, -0.15) is 0 Å². The number of hydrogen-bond donors (Lipinski definition) is 1. The summed E-state index contributed by atoms with van der Waals surface area (Å²) in [6.07, 6.45) is 0. The Morgan fingerprint density at radius 2 is 1.81 bits per heavy atom. The molecule has 138 valence electrons. The van der Waals surface area contributed by atoms with E-state index < -0.39 is 5.92 Å². The second-order valence-corrected chi connectivity index (χ2v) is 6.54. The van der Waals surface area contributed by atoms with Crippen LogP contribution in [0.4, 0.5) is 10.5 Å². The normalized spacial score (nSPS) is 12.8. The number of amides is 2. The summed E-state index contributed by atoms with van der Waals surface area (Å²) in [6, 6.07) is 16.1. The number of urea groups is 1. The highest BCUT2D eigenvalue weighted by Crippen LogP contribution is 2.23. The van der Waals surface area contributed by atoms with E-state index in [9.17, 15) is 9.59 Å². The Morgan fingerprint density at radius 3 is 2.42 bits per heavy atom. The lowest BCUT2D eigenvalue weighted by Gasteiger charge is -2.31. The molecule has 2 amide bonds. The van der Waals surface area contributed by atoms with E-state index in [1.807, 2.05) is 37.3 Å². The van der Waals surface area contributed by atoms with Crippen molar-refractivity contribution in [3.63, 3.8) is 0 Å². The van der Waals surface area contributed by atoms with Gasteiger partial charge in [-0.05, 0) is 30.7 Å². The number of hydrogen-bond acceptors (Lipinski definition) is 3. The van der Waals surface area contributed by atoms with Gasteiger partial charge in [-0.3, -0.25) is 4.79 Å². The maximum Gasteiger partial charge on any atom is 0.322 e. The average molecular weight is 375 g/mol. The number of carbonyl (C=O) groups excluding carboxylic acids is 2. The highest BCUT2D eigenvalue weighted by atomic mass is 35.5. The van der Waals surface area contributed by atoms with Gasteiger partial charge in [-0.1, -0.05) is 54.9 Å². The minimum atomic E-state index is -0.448. The van der Waals surface area contributed by atoms with Crippen LogP contribution in [0.25, 0.3) is 0 Å². The van der Waals surface area contributed by atoms with Gasteiger partial charge in [0.25, 0.3) is 0 Å². The predicted molar refractivity (Wildman–Crippen MR) is 103 cm³/mol. The topological polar surface area (TPSA) is 58.6 Å². The van der Waals surface area contributed by atoms with Gasteiger partial charge in [0, 0.05) is 17.3 Å². The van der Waals surface area contributed by atoms with Gasteiger partial charge in [0.2, 0.25) is 0 Å². The van der Waals surface area contributed by atoms with Crippen molar-refractivity contribution in [2.24, 2.45) is 5.92 Å². The molecule has 0 bridgehead atoms. The smallest absolute Gasteiger partial charge is 0.322 e. The number of methoxy groups -OCH3 is 1. The number of nitrogens with zero attached hydrogens (tertiary/aromatic N) is 1. The first-order chi connectivity index (χ1) is 12.4. The number of esters is 1. The summed E-state index contributed by atoms with van der Waals surface area (Å²) < 4.78 is 4.80. The molecule has 0 heterocycles. The minimum absolute atomic E-state index is 0.220. The van der Waals surface area contributed by atoms with Gasteiger partial charge in [-0.15, -0.1) is 0 Å². The molecule has 0 spiro atoms. The third kappa shape index (κ3) is 5.23. The van der Waals surface area contributed by atoms with Gasteiger partial charge < -0.3 is 15.0 Å². The highest BCUT2D eigenvalue weighted by Gasteiger charge is 2.26. The molecule has 0 saturated carbocycles. The SMILES string of the molecule is COC(=O)C(C)CN(C(=O)Nc1cccc(Cl)c1)C(C)c1ccccc1. The van der Waals surface area contributed by atoms with Crippen LogP contribution in [0, 0.1) is 5.92 Å². The van der Waals surface area contributed by atoms with Gasteiger partial charge in [0.05, 0.1) is 19.1 Å². The first-order valence-electron chi connectivity index (χ1n) is 8.38. The number of anilines is 1. The second-order valence-electron chi connectivity index (χ2n) is 6.10. The largest absolute Gasteiger partial charge is 0.469 e. The molecule has 0 aromatic heterocycles. The Bertz CT molecular complexity index is 752. The molecule has 26 heavy (non-hydrogen) atoms. The first kappa shape index (κ1) is 19.8. The van der Waals surface area contributed by atoms with Crippen LogP contribution in [0.5, 0.6) is 0 Å². The molecule has 0 aliphatic heterocycles. The molecule has 2 aromatic carbocycles. The van der Waals surface area contributed by atoms with Crippen LogP contribution in [0.2, 0.25) is 5.02 Å². The summed E-state index contributed by atoms with van der Waals surface area (Å²) in [7, 11) is 1.34. The molecule has 2 unspecified atom stereocenters. The van der Waals surface area contributed by atoms with Crippen LogP contribution in [0.3, 0.4) is 0 Å². The lowest BCUT2D eigenvalue weighted by molar-refractivity contribution is -0.145. The third-order valence-corrected chi connectivity index (χ3v) is 4.40. The van der Waals surface area contributed by atoms with E-state index in [2.05, 4.69) is 5.32 Å². The molecule has 0 radical (unpaired) electrons.